The number of nitrogens with zero attached hydrogens (tertiary/aromatic N) is 1. The Morgan fingerprint density at radius 3 is 2.38 bits per heavy atom. The summed E-state index contributed by atoms with van der Waals surface area (Å²) in [6, 6.07) is 18.1. The highest BCUT2D eigenvalue weighted by molar-refractivity contribution is 9.10. The predicted molar refractivity (Wildman–Crippen MR) is 99.7 cm³/mol. The van der Waals surface area contributed by atoms with Crippen LogP contribution in [-0.2, 0) is 4.74 Å². The van der Waals surface area contributed by atoms with Crippen LogP contribution in [0.1, 0.15) is 21.6 Å². The molecule has 3 aromatic rings. The van der Waals surface area contributed by atoms with Crippen molar-refractivity contribution in [3.63, 3.8) is 0 Å². The van der Waals surface area contributed by atoms with Crippen molar-refractivity contribution in [1.29, 1.82) is 0 Å². The van der Waals surface area contributed by atoms with E-state index in [1.807, 2.05) is 31.2 Å². The summed E-state index contributed by atoms with van der Waals surface area (Å²) in [4.78, 5) is 12.0. The minimum atomic E-state index is -0.315. The number of carbonyl (C=O) groups is 1. The number of halogens is 1. The van der Waals surface area contributed by atoms with Gasteiger partial charge < -0.3 is 9.30 Å². The fraction of sp³-hybridized carbons (Fsp3) is 0.150. The maximum absolute atomic E-state index is 12.0. The Bertz CT molecular complexity index is 895. The zero-order valence-corrected chi connectivity index (χ0v) is 15.4. The maximum atomic E-state index is 12.0. The molecule has 0 saturated heterocycles. The van der Waals surface area contributed by atoms with E-state index < -0.39 is 0 Å². The zero-order valence-electron chi connectivity index (χ0n) is 13.8. The van der Waals surface area contributed by atoms with Crippen LogP contribution in [0.2, 0.25) is 0 Å². The number of carbonyl (C=O) groups excluding carboxylic acids is 1. The molecule has 1 heterocycles. The van der Waals surface area contributed by atoms with Crippen LogP contribution in [0, 0.1) is 13.8 Å². The topological polar surface area (TPSA) is 31.2 Å². The summed E-state index contributed by atoms with van der Waals surface area (Å²) in [6.07, 6.45) is 0. The average Bonchev–Trinajstić information content (AvgIpc) is 2.96. The maximum Gasteiger partial charge on any atom is 0.338 e. The normalized spacial score (nSPS) is 10.7. The first-order valence-corrected chi connectivity index (χ1v) is 8.45. The molecule has 0 unspecified atom stereocenters. The van der Waals surface area contributed by atoms with Crippen LogP contribution in [0.3, 0.4) is 0 Å². The lowest BCUT2D eigenvalue weighted by atomic mass is 10.1. The predicted octanol–water partition coefficient (Wildman–Crippen LogP) is 5.31. The SMILES string of the molecule is COC(=O)c1cccc(-n2c(C)ccc2-c2ccc(Br)cc2)c1C. The van der Waals surface area contributed by atoms with Crippen molar-refractivity contribution in [2.24, 2.45) is 0 Å². The summed E-state index contributed by atoms with van der Waals surface area (Å²) in [6.45, 7) is 4.01. The summed E-state index contributed by atoms with van der Waals surface area (Å²) in [5.74, 6) is -0.315. The molecule has 0 aliphatic heterocycles. The molecule has 122 valence electrons. The third-order valence-corrected chi connectivity index (χ3v) is 4.70. The van der Waals surface area contributed by atoms with Gasteiger partial charge in [-0.25, -0.2) is 4.79 Å². The van der Waals surface area contributed by atoms with Crippen LogP contribution >= 0.6 is 15.9 Å². The molecule has 0 aliphatic carbocycles. The molecule has 0 fully saturated rings. The first-order chi connectivity index (χ1) is 11.5. The molecule has 3 rings (SSSR count). The molecular formula is C20H18BrNO2. The van der Waals surface area contributed by atoms with Gasteiger partial charge in [-0.3, -0.25) is 0 Å². The van der Waals surface area contributed by atoms with Gasteiger partial charge in [0.1, 0.15) is 0 Å². The Balaban J connectivity index is 2.19. The van der Waals surface area contributed by atoms with Gasteiger partial charge in [0.2, 0.25) is 0 Å². The number of ether oxygens (including phenoxy) is 1. The van der Waals surface area contributed by atoms with E-state index in [4.69, 9.17) is 4.74 Å². The number of benzene rings is 2. The van der Waals surface area contributed by atoms with Crippen LogP contribution in [0.4, 0.5) is 0 Å². The number of rotatable bonds is 3. The minimum absolute atomic E-state index is 0.315. The van der Waals surface area contributed by atoms with Crippen molar-refractivity contribution in [1.82, 2.24) is 4.57 Å². The third-order valence-electron chi connectivity index (χ3n) is 4.17. The van der Waals surface area contributed by atoms with Gasteiger partial charge in [0.05, 0.1) is 18.4 Å². The van der Waals surface area contributed by atoms with E-state index in [-0.39, 0.29) is 5.97 Å². The molecule has 1 aromatic heterocycles. The Labute approximate surface area is 150 Å². The van der Waals surface area contributed by atoms with Crippen molar-refractivity contribution in [2.45, 2.75) is 13.8 Å². The molecule has 0 amide bonds. The van der Waals surface area contributed by atoms with Gasteiger partial charge in [-0.1, -0.05) is 34.1 Å². The van der Waals surface area contributed by atoms with Crippen molar-refractivity contribution >= 4 is 21.9 Å². The first kappa shape index (κ1) is 16.5. The highest BCUT2D eigenvalue weighted by Crippen LogP contribution is 2.30. The number of hydrogen-bond acceptors (Lipinski definition) is 2. The second kappa shape index (κ2) is 6.65. The molecule has 0 atom stereocenters. The van der Waals surface area contributed by atoms with Crippen molar-refractivity contribution < 1.29 is 9.53 Å². The Morgan fingerprint density at radius 2 is 1.71 bits per heavy atom. The van der Waals surface area contributed by atoms with Gasteiger partial charge in [-0.2, -0.15) is 0 Å². The molecular weight excluding hydrogens is 366 g/mol. The molecule has 0 radical (unpaired) electrons. The number of aryl methyl sites for hydroxylation is 1. The fourth-order valence-electron chi connectivity index (χ4n) is 2.90. The quantitative estimate of drug-likeness (QED) is 0.573. The summed E-state index contributed by atoms with van der Waals surface area (Å²) < 4.78 is 8.11. The summed E-state index contributed by atoms with van der Waals surface area (Å²) in [7, 11) is 1.41. The van der Waals surface area contributed by atoms with Gasteiger partial charge in [-0.15, -0.1) is 0 Å². The van der Waals surface area contributed by atoms with Crippen molar-refractivity contribution in [2.75, 3.05) is 7.11 Å². The first-order valence-electron chi connectivity index (χ1n) is 7.65. The largest absolute Gasteiger partial charge is 0.465 e. The lowest BCUT2D eigenvalue weighted by molar-refractivity contribution is 0.0600. The number of esters is 1. The van der Waals surface area contributed by atoms with E-state index in [2.05, 4.69) is 51.7 Å². The zero-order chi connectivity index (χ0) is 17.3. The summed E-state index contributed by atoms with van der Waals surface area (Å²) in [5.41, 5.74) is 5.79. The van der Waals surface area contributed by atoms with E-state index in [9.17, 15) is 4.79 Å². The second-order valence-corrected chi connectivity index (χ2v) is 6.56. The molecule has 0 aliphatic rings. The molecule has 0 spiro atoms. The lowest BCUT2D eigenvalue weighted by Gasteiger charge is -2.16. The highest BCUT2D eigenvalue weighted by atomic mass is 79.9. The highest BCUT2D eigenvalue weighted by Gasteiger charge is 2.16. The van der Waals surface area contributed by atoms with Crippen LogP contribution in [-0.4, -0.2) is 17.6 Å². The average molecular weight is 384 g/mol. The molecule has 0 bridgehead atoms. The van der Waals surface area contributed by atoms with Crippen molar-refractivity contribution in [3.05, 3.63) is 75.9 Å². The minimum Gasteiger partial charge on any atom is -0.465 e. The number of methoxy groups -OCH3 is 1. The van der Waals surface area contributed by atoms with Gasteiger partial charge in [0, 0.05) is 15.9 Å². The van der Waals surface area contributed by atoms with E-state index in [0.29, 0.717) is 5.56 Å². The Kier molecular flexibility index (Phi) is 4.58. The summed E-state index contributed by atoms with van der Waals surface area (Å²) >= 11 is 3.47. The van der Waals surface area contributed by atoms with Gasteiger partial charge in [0.25, 0.3) is 0 Å². The third kappa shape index (κ3) is 2.89. The van der Waals surface area contributed by atoms with Crippen LogP contribution in [0.25, 0.3) is 16.9 Å². The van der Waals surface area contributed by atoms with E-state index in [1.54, 1.807) is 6.07 Å². The number of aromatic nitrogens is 1. The standard InChI is InChI=1S/C20H18BrNO2/c1-13-7-12-19(15-8-10-16(21)11-9-15)22(13)18-6-4-5-17(14(18)2)20(23)24-3/h4-12H,1-3H3. The van der Waals surface area contributed by atoms with Crippen molar-refractivity contribution in [3.8, 4) is 16.9 Å². The molecule has 0 saturated carbocycles. The van der Waals surface area contributed by atoms with Crippen LogP contribution in [0.15, 0.2) is 59.1 Å². The van der Waals surface area contributed by atoms with E-state index >= 15 is 0 Å². The van der Waals surface area contributed by atoms with Gasteiger partial charge in [0.15, 0.2) is 0 Å². The Hall–Kier alpha value is -2.33. The Morgan fingerprint density at radius 1 is 1.00 bits per heavy atom. The molecule has 3 nitrogen and oxygen atoms in total. The lowest BCUT2D eigenvalue weighted by Crippen LogP contribution is -2.08. The molecule has 0 N–H and O–H groups in total. The van der Waals surface area contributed by atoms with Crippen LogP contribution < -0.4 is 0 Å². The van der Waals surface area contributed by atoms with Crippen LogP contribution in [0.5, 0.6) is 0 Å². The molecule has 24 heavy (non-hydrogen) atoms. The second-order valence-electron chi connectivity index (χ2n) is 5.64. The smallest absolute Gasteiger partial charge is 0.338 e. The molecule has 4 heteroatoms. The van der Waals surface area contributed by atoms with Gasteiger partial charge in [-0.05, 0) is 61.4 Å². The fourth-order valence-corrected chi connectivity index (χ4v) is 3.17. The number of hydrogen-bond donors (Lipinski definition) is 0. The summed E-state index contributed by atoms with van der Waals surface area (Å²) in [5, 5.41) is 0. The monoisotopic (exact) mass is 383 g/mol. The van der Waals surface area contributed by atoms with E-state index in [1.165, 1.54) is 7.11 Å². The van der Waals surface area contributed by atoms with E-state index in [0.717, 1.165) is 32.7 Å². The van der Waals surface area contributed by atoms with Gasteiger partial charge >= 0.3 is 5.97 Å². The molecule has 2 aromatic carbocycles.